The summed E-state index contributed by atoms with van der Waals surface area (Å²) in [5.74, 6) is -1.27. The Kier molecular flexibility index (Phi) is 7.30. The molecule has 0 fully saturated rings. The van der Waals surface area contributed by atoms with E-state index in [-0.39, 0.29) is 42.7 Å². The quantitative estimate of drug-likeness (QED) is 0.487. The second-order valence-electron chi connectivity index (χ2n) is 9.09. The van der Waals surface area contributed by atoms with Gasteiger partial charge in [0.2, 0.25) is 5.91 Å². The van der Waals surface area contributed by atoms with Crippen LogP contribution in [-0.4, -0.2) is 42.3 Å². The van der Waals surface area contributed by atoms with E-state index in [0.29, 0.717) is 19.4 Å². The number of ether oxygens (including phenoxy) is 1. The average Bonchev–Trinajstić information content (AvgIpc) is 3.40. The SMILES string of the molecule is CC(CCNC(=O)C1C=CC(NC(=O)OCC2c3ccccc3-c3ccccc32)C1)CC(=O)O. The minimum Gasteiger partial charge on any atom is -0.481 e. The van der Waals surface area contributed by atoms with E-state index in [9.17, 15) is 14.4 Å². The summed E-state index contributed by atoms with van der Waals surface area (Å²) < 4.78 is 5.59. The highest BCUT2D eigenvalue weighted by molar-refractivity contribution is 5.81. The summed E-state index contributed by atoms with van der Waals surface area (Å²) in [6, 6.07) is 16.1. The van der Waals surface area contributed by atoms with Gasteiger partial charge in [-0.2, -0.15) is 0 Å². The molecule has 0 spiro atoms. The highest BCUT2D eigenvalue weighted by Crippen LogP contribution is 2.44. The maximum atomic E-state index is 12.5. The van der Waals surface area contributed by atoms with E-state index in [1.54, 1.807) is 6.08 Å². The molecule has 3 N–H and O–H groups in total. The van der Waals surface area contributed by atoms with E-state index in [1.165, 1.54) is 11.1 Å². The Labute approximate surface area is 199 Å². The number of carbonyl (C=O) groups is 3. The van der Waals surface area contributed by atoms with Crippen molar-refractivity contribution in [2.24, 2.45) is 11.8 Å². The summed E-state index contributed by atoms with van der Waals surface area (Å²) in [4.78, 5) is 35.6. The Morgan fingerprint density at radius 3 is 2.32 bits per heavy atom. The monoisotopic (exact) mass is 462 g/mol. The molecular formula is C27H30N2O5. The fraction of sp³-hybridized carbons (Fsp3) is 0.370. The van der Waals surface area contributed by atoms with Crippen LogP contribution >= 0.6 is 0 Å². The number of alkyl carbamates (subject to hydrolysis) is 1. The van der Waals surface area contributed by atoms with Crippen molar-refractivity contribution in [1.29, 1.82) is 0 Å². The maximum Gasteiger partial charge on any atom is 0.407 e. The van der Waals surface area contributed by atoms with Gasteiger partial charge in [-0.3, -0.25) is 9.59 Å². The van der Waals surface area contributed by atoms with Crippen LogP contribution in [0.5, 0.6) is 0 Å². The lowest BCUT2D eigenvalue weighted by molar-refractivity contribution is -0.138. The lowest BCUT2D eigenvalue weighted by Gasteiger charge is -2.17. The fourth-order valence-electron chi connectivity index (χ4n) is 4.76. The van der Waals surface area contributed by atoms with Gasteiger partial charge in [0.15, 0.2) is 0 Å². The van der Waals surface area contributed by atoms with Gasteiger partial charge in [0.25, 0.3) is 0 Å². The zero-order valence-corrected chi connectivity index (χ0v) is 19.2. The molecule has 2 aromatic rings. The molecular weight excluding hydrogens is 432 g/mol. The molecule has 2 amide bonds. The lowest BCUT2D eigenvalue weighted by atomic mass is 9.98. The molecule has 0 saturated carbocycles. The van der Waals surface area contributed by atoms with E-state index >= 15 is 0 Å². The van der Waals surface area contributed by atoms with Gasteiger partial charge in [-0.05, 0) is 41.0 Å². The zero-order chi connectivity index (χ0) is 24.1. The largest absolute Gasteiger partial charge is 0.481 e. The fourth-order valence-corrected chi connectivity index (χ4v) is 4.76. The number of hydrogen-bond acceptors (Lipinski definition) is 4. The first-order valence-corrected chi connectivity index (χ1v) is 11.7. The molecule has 2 aromatic carbocycles. The first kappa shape index (κ1) is 23.5. The van der Waals surface area contributed by atoms with Crippen LogP contribution in [0.25, 0.3) is 11.1 Å². The Morgan fingerprint density at radius 2 is 1.68 bits per heavy atom. The van der Waals surface area contributed by atoms with E-state index in [2.05, 4.69) is 34.9 Å². The summed E-state index contributed by atoms with van der Waals surface area (Å²) in [5, 5.41) is 14.5. The van der Waals surface area contributed by atoms with E-state index in [0.717, 1.165) is 11.1 Å². The molecule has 3 atom stereocenters. The number of nitrogens with one attached hydrogen (secondary N) is 2. The number of carboxylic acids is 1. The number of amides is 2. The molecule has 0 heterocycles. The van der Waals surface area contributed by atoms with Crippen molar-refractivity contribution >= 4 is 18.0 Å². The summed E-state index contributed by atoms with van der Waals surface area (Å²) in [6.07, 6.45) is 4.28. The number of aliphatic carboxylic acids is 1. The van der Waals surface area contributed by atoms with Crippen LogP contribution in [0.1, 0.15) is 43.2 Å². The van der Waals surface area contributed by atoms with Crippen molar-refractivity contribution in [3.05, 3.63) is 71.8 Å². The van der Waals surface area contributed by atoms with Crippen LogP contribution in [0.3, 0.4) is 0 Å². The van der Waals surface area contributed by atoms with Gasteiger partial charge >= 0.3 is 12.1 Å². The molecule has 3 unspecified atom stereocenters. The van der Waals surface area contributed by atoms with Crippen molar-refractivity contribution in [3.8, 4) is 11.1 Å². The van der Waals surface area contributed by atoms with Crippen molar-refractivity contribution in [2.75, 3.05) is 13.2 Å². The Morgan fingerprint density at radius 1 is 1.03 bits per heavy atom. The molecule has 7 heteroatoms. The topological polar surface area (TPSA) is 105 Å². The third kappa shape index (κ3) is 5.47. The molecule has 0 bridgehead atoms. The third-order valence-corrected chi connectivity index (χ3v) is 6.53. The molecule has 178 valence electrons. The standard InChI is InChI=1S/C27H30N2O5/c1-17(14-25(30)31)12-13-28-26(32)18-10-11-19(15-18)29-27(33)34-16-24-22-8-4-2-6-20(22)21-7-3-5-9-23(21)24/h2-11,17-19,24H,12-16H2,1H3,(H,28,32)(H,29,33)(H,30,31). The predicted octanol–water partition coefficient (Wildman–Crippen LogP) is 4.09. The van der Waals surface area contributed by atoms with Crippen molar-refractivity contribution in [3.63, 3.8) is 0 Å². The second-order valence-corrected chi connectivity index (χ2v) is 9.09. The highest BCUT2D eigenvalue weighted by Gasteiger charge is 2.30. The first-order valence-electron chi connectivity index (χ1n) is 11.7. The molecule has 4 rings (SSSR count). The molecule has 2 aliphatic carbocycles. The normalized spacial score (nSPS) is 19.2. The lowest BCUT2D eigenvalue weighted by Crippen LogP contribution is -2.36. The van der Waals surface area contributed by atoms with Crippen LogP contribution < -0.4 is 10.6 Å². The van der Waals surface area contributed by atoms with Crippen molar-refractivity contribution in [1.82, 2.24) is 10.6 Å². The molecule has 0 aliphatic heterocycles. The minimum atomic E-state index is -0.834. The van der Waals surface area contributed by atoms with E-state index < -0.39 is 12.1 Å². The van der Waals surface area contributed by atoms with Gasteiger partial charge in [0.05, 0.1) is 12.0 Å². The molecule has 0 aromatic heterocycles. The number of carbonyl (C=O) groups excluding carboxylic acids is 2. The number of benzene rings is 2. The molecule has 7 nitrogen and oxygen atoms in total. The second kappa shape index (κ2) is 10.5. The molecule has 34 heavy (non-hydrogen) atoms. The van der Waals surface area contributed by atoms with Crippen LogP contribution in [0.2, 0.25) is 0 Å². The zero-order valence-electron chi connectivity index (χ0n) is 19.2. The minimum absolute atomic E-state index is 0.0000893. The van der Waals surface area contributed by atoms with Gasteiger partial charge in [-0.25, -0.2) is 4.79 Å². The molecule has 0 saturated heterocycles. The third-order valence-electron chi connectivity index (χ3n) is 6.53. The highest BCUT2D eigenvalue weighted by atomic mass is 16.5. The number of fused-ring (bicyclic) bond motifs is 3. The van der Waals surface area contributed by atoms with Gasteiger partial charge in [0, 0.05) is 18.9 Å². The summed E-state index contributed by atoms with van der Waals surface area (Å²) in [7, 11) is 0. The Bertz CT molecular complexity index is 1050. The van der Waals surface area contributed by atoms with Gasteiger partial charge < -0.3 is 20.5 Å². The van der Waals surface area contributed by atoms with Crippen LogP contribution in [0.15, 0.2) is 60.7 Å². The molecule has 0 radical (unpaired) electrons. The van der Waals surface area contributed by atoms with Gasteiger partial charge in [-0.1, -0.05) is 67.6 Å². The summed E-state index contributed by atoms with van der Waals surface area (Å²) in [5.41, 5.74) is 4.67. The van der Waals surface area contributed by atoms with Crippen LogP contribution in [0, 0.1) is 11.8 Å². The van der Waals surface area contributed by atoms with E-state index in [1.807, 2.05) is 37.3 Å². The van der Waals surface area contributed by atoms with Crippen molar-refractivity contribution in [2.45, 2.75) is 38.1 Å². The van der Waals surface area contributed by atoms with Crippen LogP contribution in [-0.2, 0) is 14.3 Å². The average molecular weight is 463 g/mol. The first-order chi connectivity index (χ1) is 16.4. The van der Waals surface area contributed by atoms with E-state index in [4.69, 9.17) is 9.84 Å². The van der Waals surface area contributed by atoms with Crippen molar-refractivity contribution < 1.29 is 24.2 Å². The smallest absolute Gasteiger partial charge is 0.407 e. The number of hydrogen-bond donors (Lipinski definition) is 3. The summed E-state index contributed by atoms with van der Waals surface area (Å²) >= 11 is 0. The predicted molar refractivity (Wildman–Crippen MR) is 128 cm³/mol. The number of carboxylic acid groups (broad SMARTS) is 1. The van der Waals surface area contributed by atoms with Crippen LogP contribution in [0.4, 0.5) is 4.79 Å². The molecule has 2 aliphatic rings. The Balaban J connectivity index is 1.23. The maximum absolute atomic E-state index is 12.5. The van der Waals surface area contributed by atoms with Gasteiger partial charge in [0.1, 0.15) is 6.61 Å². The number of rotatable bonds is 9. The Hall–Kier alpha value is -3.61. The summed E-state index contributed by atoms with van der Waals surface area (Å²) in [6.45, 7) is 2.53. The van der Waals surface area contributed by atoms with Gasteiger partial charge in [-0.15, -0.1) is 0 Å².